The zero-order valence-corrected chi connectivity index (χ0v) is 9.96. The van der Waals surface area contributed by atoms with E-state index in [0.29, 0.717) is 26.2 Å². The molecule has 0 atom stereocenters. The van der Waals surface area contributed by atoms with E-state index < -0.39 is 0 Å². The van der Waals surface area contributed by atoms with E-state index in [0.717, 1.165) is 17.7 Å². The number of rotatable bonds is 4. The van der Waals surface area contributed by atoms with Crippen LogP contribution in [0.4, 0.5) is 0 Å². The second-order valence-corrected chi connectivity index (χ2v) is 5.14. The Kier molecular flexibility index (Phi) is 3.68. The summed E-state index contributed by atoms with van der Waals surface area (Å²) in [5, 5.41) is 0. The van der Waals surface area contributed by atoms with Gasteiger partial charge in [-0.05, 0) is 12.8 Å². The highest BCUT2D eigenvalue weighted by molar-refractivity contribution is 7.09. The predicted molar refractivity (Wildman–Crippen MR) is 62.4 cm³/mol. The number of thiazole rings is 1. The summed E-state index contributed by atoms with van der Waals surface area (Å²) in [5.74, 6) is 0.238. The van der Waals surface area contributed by atoms with Crippen LogP contribution in [0.2, 0.25) is 0 Å². The van der Waals surface area contributed by atoms with Gasteiger partial charge in [0.25, 0.3) is 0 Å². The quantitative estimate of drug-likeness (QED) is 0.853. The zero-order chi connectivity index (χ0) is 11.4. The molecule has 2 N–H and O–H groups in total. The molecular weight excluding hydrogens is 224 g/mol. The van der Waals surface area contributed by atoms with Gasteiger partial charge in [-0.3, -0.25) is 9.78 Å². The minimum Gasteiger partial charge on any atom is -0.381 e. The van der Waals surface area contributed by atoms with Crippen LogP contribution in [0, 0.1) is 5.41 Å². The summed E-state index contributed by atoms with van der Waals surface area (Å²) in [6.45, 7) is 1.71. The van der Waals surface area contributed by atoms with Crippen molar-refractivity contribution in [2.24, 2.45) is 11.1 Å². The molecule has 0 saturated carbocycles. The average Bonchev–Trinajstić information content (AvgIpc) is 2.82. The number of Topliss-reactive ketones (excluding diaryl/α,β-unsaturated/α-hetero) is 1. The second-order valence-electron chi connectivity index (χ2n) is 4.16. The molecule has 0 unspecified atom stereocenters. The number of aromatic nitrogens is 1. The molecule has 1 aliphatic heterocycles. The number of ether oxygens (including phenoxy) is 1. The Morgan fingerprint density at radius 1 is 1.56 bits per heavy atom. The second kappa shape index (κ2) is 5.03. The lowest BCUT2D eigenvalue weighted by atomic mass is 9.75. The monoisotopic (exact) mass is 240 g/mol. The fraction of sp³-hybridized carbons (Fsp3) is 0.636. The highest BCUT2D eigenvalue weighted by Gasteiger charge is 2.38. The minimum absolute atomic E-state index is 0.238. The van der Waals surface area contributed by atoms with E-state index in [4.69, 9.17) is 10.5 Å². The molecule has 0 bridgehead atoms. The zero-order valence-electron chi connectivity index (χ0n) is 9.15. The standard InChI is InChI=1S/C11H16N2O2S/c12-7-11(1-3-15-4-2-11)10(14)5-9-6-13-8-16-9/h6,8H,1-5,7,12H2. The summed E-state index contributed by atoms with van der Waals surface area (Å²) in [6.07, 6.45) is 3.72. The lowest BCUT2D eigenvalue weighted by Crippen LogP contribution is -2.44. The lowest BCUT2D eigenvalue weighted by molar-refractivity contribution is -0.132. The Labute approximate surface area is 98.8 Å². The van der Waals surface area contributed by atoms with Crippen molar-refractivity contribution in [3.05, 3.63) is 16.6 Å². The lowest BCUT2D eigenvalue weighted by Gasteiger charge is -2.34. The fourth-order valence-electron chi connectivity index (χ4n) is 2.03. The van der Waals surface area contributed by atoms with Crippen LogP contribution < -0.4 is 5.73 Å². The summed E-state index contributed by atoms with van der Waals surface area (Å²) in [4.78, 5) is 17.3. The molecule has 2 heterocycles. The van der Waals surface area contributed by atoms with Crippen LogP contribution in [-0.2, 0) is 16.0 Å². The van der Waals surface area contributed by atoms with Crippen molar-refractivity contribution < 1.29 is 9.53 Å². The topological polar surface area (TPSA) is 65.2 Å². The maximum Gasteiger partial charge on any atom is 0.145 e. The van der Waals surface area contributed by atoms with Gasteiger partial charge in [-0.15, -0.1) is 11.3 Å². The third kappa shape index (κ3) is 2.31. The number of nitrogens with two attached hydrogens (primary N) is 1. The summed E-state index contributed by atoms with van der Waals surface area (Å²) in [5.41, 5.74) is 7.17. The first-order chi connectivity index (χ1) is 7.77. The molecule has 0 spiro atoms. The van der Waals surface area contributed by atoms with Gasteiger partial charge in [0, 0.05) is 42.7 Å². The SMILES string of the molecule is NCC1(C(=O)Cc2cncs2)CCOCC1. The van der Waals surface area contributed by atoms with E-state index in [9.17, 15) is 4.79 Å². The molecule has 0 aliphatic carbocycles. The van der Waals surface area contributed by atoms with Crippen molar-refractivity contribution in [1.29, 1.82) is 0 Å². The number of carbonyl (C=O) groups excluding carboxylic acids is 1. The Balaban J connectivity index is 2.06. The van der Waals surface area contributed by atoms with Gasteiger partial charge in [0.15, 0.2) is 0 Å². The molecule has 0 aromatic carbocycles. The van der Waals surface area contributed by atoms with Crippen LogP contribution in [0.3, 0.4) is 0 Å². The molecular formula is C11H16N2O2S. The maximum absolute atomic E-state index is 12.3. The van der Waals surface area contributed by atoms with E-state index in [1.807, 2.05) is 0 Å². The van der Waals surface area contributed by atoms with E-state index in [1.54, 1.807) is 11.7 Å². The normalized spacial score (nSPS) is 19.6. The van der Waals surface area contributed by atoms with Crippen molar-refractivity contribution >= 4 is 17.1 Å². The molecule has 2 rings (SSSR count). The van der Waals surface area contributed by atoms with Gasteiger partial charge in [0.05, 0.1) is 5.51 Å². The van der Waals surface area contributed by atoms with Crippen molar-refractivity contribution in [2.45, 2.75) is 19.3 Å². The first-order valence-electron chi connectivity index (χ1n) is 5.45. The molecule has 1 saturated heterocycles. The summed E-state index contributed by atoms with van der Waals surface area (Å²) >= 11 is 1.52. The largest absolute Gasteiger partial charge is 0.381 e. The van der Waals surface area contributed by atoms with Gasteiger partial charge >= 0.3 is 0 Å². The average molecular weight is 240 g/mol. The molecule has 16 heavy (non-hydrogen) atoms. The van der Waals surface area contributed by atoms with Crippen LogP contribution in [0.1, 0.15) is 17.7 Å². The summed E-state index contributed by atoms with van der Waals surface area (Å²) < 4.78 is 5.29. The Hall–Kier alpha value is -0.780. The molecule has 88 valence electrons. The van der Waals surface area contributed by atoms with Gasteiger partial charge in [-0.25, -0.2) is 0 Å². The number of carbonyl (C=O) groups is 1. The van der Waals surface area contributed by atoms with Crippen LogP contribution in [0.15, 0.2) is 11.7 Å². The molecule has 1 aromatic heterocycles. The third-order valence-corrected chi connectivity index (χ3v) is 4.03. The first-order valence-corrected chi connectivity index (χ1v) is 6.33. The highest BCUT2D eigenvalue weighted by atomic mass is 32.1. The number of ketones is 1. The Morgan fingerprint density at radius 3 is 2.88 bits per heavy atom. The molecule has 4 nitrogen and oxygen atoms in total. The molecule has 5 heteroatoms. The van der Waals surface area contributed by atoms with E-state index in [-0.39, 0.29) is 11.2 Å². The van der Waals surface area contributed by atoms with Crippen LogP contribution in [0.5, 0.6) is 0 Å². The van der Waals surface area contributed by atoms with Gasteiger partial charge in [0.1, 0.15) is 5.78 Å². The summed E-state index contributed by atoms with van der Waals surface area (Å²) in [7, 11) is 0. The van der Waals surface area contributed by atoms with E-state index >= 15 is 0 Å². The predicted octanol–water partition coefficient (Wildman–Crippen LogP) is 1.01. The van der Waals surface area contributed by atoms with E-state index in [2.05, 4.69) is 4.98 Å². The molecule has 0 radical (unpaired) electrons. The number of hydrogen-bond donors (Lipinski definition) is 1. The first kappa shape index (κ1) is 11.7. The van der Waals surface area contributed by atoms with Gasteiger partial charge in [-0.1, -0.05) is 0 Å². The van der Waals surface area contributed by atoms with Gasteiger partial charge in [-0.2, -0.15) is 0 Å². The highest BCUT2D eigenvalue weighted by Crippen LogP contribution is 2.31. The number of hydrogen-bond acceptors (Lipinski definition) is 5. The van der Waals surface area contributed by atoms with Gasteiger partial charge in [0.2, 0.25) is 0 Å². The van der Waals surface area contributed by atoms with Crippen LogP contribution in [-0.4, -0.2) is 30.5 Å². The van der Waals surface area contributed by atoms with Crippen molar-refractivity contribution in [3.8, 4) is 0 Å². The Bertz CT molecular complexity index is 345. The summed E-state index contributed by atoms with van der Waals surface area (Å²) in [6, 6.07) is 0. The molecule has 0 amide bonds. The smallest absolute Gasteiger partial charge is 0.145 e. The van der Waals surface area contributed by atoms with Gasteiger partial charge < -0.3 is 10.5 Å². The minimum atomic E-state index is -0.359. The molecule has 1 aromatic rings. The van der Waals surface area contributed by atoms with E-state index in [1.165, 1.54) is 11.3 Å². The molecule has 1 fully saturated rings. The van der Waals surface area contributed by atoms with Crippen molar-refractivity contribution in [2.75, 3.05) is 19.8 Å². The van der Waals surface area contributed by atoms with Crippen LogP contribution >= 0.6 is 11.3 Å². The Morgan fingerprint density at radius 2 is 2.31 bits per heavy atom. The van der Waals surface area contributed by atoms with Crippen LogP contribution in [0.25, 0.3) is 0 Å². The van der Waals surface area contributed by atoms with Crippen molar-refractivity contribution in [3.63, 3.8) is 0 Å². The maximum atomic E-state index is 12.3. The fourth-order valence-corrected chi connectivity index (χ4v) is 2.63. The molecule has 1 aliphatic rings. The number of nitrogens with zero attached hydrogens (tertiary/aromatic N) is 1. The third-order valence-electron chi connectivity index (χ3n) is 3.25. The van der Waals surface area contributed by atoms with Crippen molar-refractivity contribution in [1.82, 2.24) is 4.98 Å².